The fraction of sp³-hybridized carbons (Fsp3) is 0.533. The minimum absolute atomic E-state index is 0.139. The van der Waals surface area contributed by atoms with Crippen molar-refractivity contribution in [1.29, 1.82) is 0 Å². The van der Waals surface area contributed by atoms with E-state index in [2.05, 4.69) is 24.1 Å². The molecule has 0 bridgehead atoms. The van der Waals surface area contributed by atoms with Crippen molar-refractivity contribution in [2.75, 3.05) is 25.0 Å². The Morgan fingerprint density at radius 3 is 2.64 bits per heavy atom. The lowest BCUT2D eigenvalue weighted by Crippen LogP contribution is -2.42. The predicted molar refractivity (Wildman–Crippen MR) is 86.1 cm³/mol. The fourth-order valence-corrected chi connectivity index (χ4v) is 3.25. The molecule has 1 N–H and O–H groups in total. The molecule has 0 saturated carbocycles. The molecule has 1 aromatic carbocycles. The van der Waals surface area contributed by atoms with E-state index in [4.69, 9.17) is 11.6 Å². The third kappa shape index (κ3) is 4.42. The molecule has 0 aliphatic carbocycles. The number of carbonyl (C=O) groups is 1. The molecule has 1 heterocycles. The van der Waals surface area contributed by atoms with Crippen molar-refractivity contribution in [2.24, 2.45) is 11.8 Å². The molecule has 1 aromatic rings. The van der Waals surface area contributed by atoms with E-state index in [1.54, 1.807) is 0 Å². The van der Waals surface area contributed by atoms with Crippen LogP contribution in [0.15, 0.2) is 18.2 Å². The van der Waals surface area contributed by atoms with Gasteiger partial charge in [-0.15, -0.1) is 0 Å². The first-order valence-electron chi connectivity index (χ1n) is 7.31. The van der Waals surface area contributed by atoms with Crippen LogP contribution in [0.1, 0.15) is 20.3 Å². The van der Waals surface area contributed by atoms with E-state index in [9.17, 15) is 14.9 Å². The van der Waals surface area contributed by atoms with Crippen LogP contribution in [0.2, 0.25) is 5.02 Å². The smallest absolute Gasteiger partial charge is 0.292 e. The van der Waals surface area contributed by atoms with Crippen molar-refractivity contribution >= 4 is 28.9 Å². The molecule has 120 valence electrons. The topological polar surface area (TPSA) is 75.5 Å². The van der Waals surface area contributed by atoms with Crippen LogP contribution in [0.3, 0.4) is 0 Å². The zero-order chi connectivity index (χ0) is 16.3. The second kappa shape index (κ2) is 7.07. The molecule has 0 radical (unpaired) electrons. The van der Waals surface area contributed by atoms with Gasteiger partial charge in [0.25, 0.3) is 5.69 Å². The summed E-state index contributed by atoms with van der Waals surface area (Å²) in [5, 5.41) is 13.9. The molecule has 1 amide bonds. The van der Waals surface area contributed by atoms with E-state index < -0.39 is 4.92 Å². The Morgan fingerprint density at radius 1 is 1.41 bits per heavy atom. The highest BCUT2D eigenvalue weighted by Crippen LogP contribution is 2.28. The Morgan fingerprint density at radius 2 is 2.05 bits per heavy atom. The number of hydrogen-bond donors (Lipinski definition) is 1. The predicted octanol–water partition coefficient (Wildman–Crippen LogP) is 3.16. The molecular weight excluding hydrogens is 306 g/mol. The Balaban J connectivity index is 2.03. The summed E-state index contributed by atoms with van der Waals surface area (Å²) in [5.74, 6) is 0.848. The van der Waals surface area contributed by atoms with Crippen molar-refractivity contribution in [1.82, 2.24) is 4.90 Å². The van der Waals surface area contributed by atoms with Crippen LogP contribution in [-0.4, -0.2) is 35.4 Å². The lowest BCUT2D eigenvalue weighted by molar-refractivity contribution is -0.383. The Bertz CT molecular complexity index is 569. The minimum atomic E-state index is -0.531. The van der Waals surface area contributed by atoms with Crippen LogP contribution < -0.4 is 5.32 Å². The van der Waals surface area contributed by atoms with Crippen molar-refractivity contribution in [3.8, 4) is 0 Å². The standard InChI is InChI=1S/C15H20ClN3O3/c1-10-5-11(2)8-18(7-10)9-15(20)17-13-6-12(16)3-4-14(13)19(21)22/h3-4,6,10-11H,5,7-9H2,1-2H3,(H,17,20)/t10-,11-/m0/s1. The molecule has 1 fully saturated rings. The van der Waals surface area contributed by atoms with Crippen molar-refractivity contribution in [3.05, 3.63) is 33.3 Å². The minimum Gasteiger partial charge on any atom is -0.319 e. The van der Waals surface area contributed by atoms with Gasteiger partial charge >= 0.3 is 0 Å². The maximum atomic E-state index is 12.2. The molecule has 0 unspecified atom stereocenters. The molecule has 0 spiro atoms. The van der Waals surface area contributed by atoms with Gasteiger partial charge in [-0.3, -0.25) is 19.8 Å². The number of hydrogen-bond acceptors (Lipinski definition) is 4. The number of nitro groups is 1. The lowest BCUT2D eigenvalue weighted by Gasteiger charge is -2.34. The maximum Gasteiger partial charge on any atom is 0.292 e. The molecule has 1 aliphatic rings. The molecule has 1 aliphatic heterocycles. The number of likely N-dealkylation sites (tertiary alicyclic amines) is 1. The highest BCUT2D eigenvalue weighted by molar-refractivity contribution is 6.31. The zero-order valence-corrected chi connectivity index (χ0v) is 13.5. The first-order chi connectivity index (χ1) is 10.3. The molecule has 0 aromatic heterocycles. The summed E-state index contributed by atoms with van der Waals surface area (Å²) in [4.78, 5) is 24.7. The highest BCUT2D eigenvalue weighted by atomic mass is 35.5. The van der Waals surface area contributed by atoms with E-state index in [0.717, 1.165) is 19.5 Å². The number of anilines is 1. The average molecular weight is 326 g/mol. The molecule has 2 atom stereocenters. The fourth-order valence-electron chi connectivity index (χ4n) is 3.08. The number of amides is 1. The third-order valence-corrected chi connectivity index (χ3v) is 3.98. The number of rotatable bonds is 4. The van der Waals surface area contributed by atoms with Crippen LogP contribution in [0, 0.1) is 22.0 Å². The summed E-state index contributed by atoms with van der Waals surface area (Å²) in [6.07, 6.45) is 1.16. The van der Waals surface area contributed by atoms with Gasteiger partial charge in [0.1, 0.15) is 5.69 Å². The number of nitrogens with one attached hydrogen (secondary N) is 1. The summed E-state index contributed by atoms with van der Waals surface area (Å²) in [5.41, 5.74) is -0.0151. The summed E-state index contributed by atoms with van der Waals surface area (Å²) in [7, 11) is 0. The van der Waals surface area contributed by atoms with Crippen LogP contribution in [-0.2, 0) is 4.79 Å². The Labute approximate surface area is 134 Å². The third-order valence-electron chi connectivity index (χ3n) is 3.74. The van der Waals surface area contributed by atoms with Crippen molar-refractivity contribution < 1.29 is 9.72 Å². The second-order valence-electron chi connectivity index (χ2n) is 6.11. The van der Waals surface area contributed by atoms with Crippen LogP contribution in [0.4, 0.5) is 11.4 Å². The van der Waals surface area contributed by atoms with Gasteiger partial charge in [-0.25, -0.2) is 0 Å². The average Bonchev–Trinajstić information content (AvgIpc) is 2.36. The number of nitrogens with zero attached hydrogens (tertiary/aromatic N) is 2. The van der Waals surface area contributed by atoms with Crippen LogP contribution >= 0.6 is 11.6 Å². The number of benzene rings is 1. The molecular formula is C15H20ClN3O3. The zero-order valence-electron chi connectivity index (χ0n) is 12.7. The highest BCUT2D eigenvalue weighted by Gasteiger charge is 2.24. The van der Waals surface area contributed by atoms with Gasteiger partial charge in [-0.2, -0.15) is 0 Å². The quantitative estimate of drug-likeness (QED) is 0.681. The van der Waals surface area contributed by atoms with Gasteiger partial charge in [0, 0.05) is 24.2 Å². The van der Waals surface area contributed by atoms with Crippen LogP contribution in [0.5, 0.6) is 0 Å². The summed E-state index contributed by atoms with van der Waals surface area (Å²) >= 11 is 5.85. The number of piperidine rings is 1. The van der Waals surface area contributed by atoms with Gasteiger partial charge in [0.15, 0.2) is 0 Å². The molecule has 22 heavy (non-hydrogen) atoms. The molecule has 1 saturated heterocycles. The first-order valence-corrected chi connectivity index (χ1v) is 7.69. The number of halogens is 1. The van der Waals surface area contributed by atoms with E-state index in [1.807, 2.05) is 0 Å². The monoisotopic (exact) mass is 325 g/mol. The van der Waals surface area contributed by atoms with E-state index in [-0.39, 0.29) is 23.8 Å². The van der Waals surface area contributed by atoms with E-state index in [1.165, 1.54) is 18.2 Å². The van der Waals surface area contributed by atoms with Gasteiger partial charge < -0.3 is 5.32 Å². The Hall–Kier alpha value is -1.66. The normalized spacial score (nSPS) is 22.3. The SMILES string of the molecule is C[C@H]1C[C@H](C)CN(CC(=O)Nc2cc(Cl)ccc2[N+](=O)[O-])C1. The molecule has 7 heteroatoms. The Kier molecular flexibility index (Phi) is 5.37. The molecule has 2 rings (SSSR count). The van der Waals surface area contributed by atoms with E-state index >= 15 is 0 Å². The summed E-state index contributed by atoms with van der Waals surface area (Å²) in [6.45, 7) is 6.31. The van der Waals surface area contributed by atoms with Gasteiger partial charge in [0.2, 0.25) is 5.91 Å². The van der Waals surface area contributed by atoms with Gasteiger partial charge in [-0.05, 0) is 30.4 Å². The van der Waals surface area contributed by atoms with E-state index in [0.29, 0.717) is 16.9 Å². The summed E-state index contributed by atoms with van der Waals surface area (Å²) < 4.78 is 0. The van der Waals surface area contributed by atoms with Crippen molar-refractivity contribution in [3.63, 3.8) is 0 Å². The van der Waals surface area contributed by atoms with Gasteiger partial charge in [-0.1, -0.05) is 25.4 Å². The second-order valence-corrected chi connectivity index (χ2v) is 6.54. The summed E-state index contributed by atoms with van der Waals surface area (Å²) in [6, 6.07) is 4.13. The van der Waals surface area contributed by atoms with Gasteiger partial charge in [0.05, 0.1) is 11.5 Å². The van der Waals surface area contributed by atoms with Crippen molar-refractivity contribution in [2.45, 2.75) is 20.3 Å². The van der Waals surface area contributed by atoms with Crippen LogP contribution in [0.25, 0.3) is 0 Å². The first kappa shape index (κ1) is 16.7. The lowest BCUT2D eigenvalue weighted by atomic mass is 9.92. The maximum absolute atomic E-state index is 12.2. The number of nitro benzene ring substituents is 1. The number of carbonyl (C=O) groups excluding carboxylic acids is 1. The molecule has 6 nitrogen and oxygen atoms in total. The largest absolute Gasteiger partial charge is 0.319 e.